The zero-order valence-electron chi connectivity index (χ0n) is 13.2. The van der Waals surface area contributed by atoms with E-state index in [1.165, 1.54) is 31.5 Å². The maximum atomic E-state index is 13.6. The van der Waals surface area contributed by atoms with E-state index in [2.05, 4.69) is 24.2 Å². The van der Waals surface area contributed by atoms with Crippen molar-refractivity contribution in [2.75, 3.05) is 20.1 Å². The van der Waals surface area contributed by atoms with Gasteiger partial charge in [0.05, 0.1) is 0 Å². The lowest BCUT2D eigenvalue weighted by atomic mass is 9.90. The number of hydrogen-bond acceptors (Lipinski definition) is 2. The molecule has 1 N–H and O–H groups in total. The minimum Gasteiger partial charge on any atom is -0.310 e. The van der Waals surface area contributed by atoms with Gasteiger partial charge in [0.25, 0.3) is 0 Å². The van der Waals surface area contributed by atoms with E-state index in [1.807, 2.05) is 26.0 Å². The Balaban J connectivity index is 1.88. The van der Waals surface area contributed by atoms with Gasteiger partial charge in [-0.1, -0.05) is 12.1 Å². The summed E-state index contributed by atoms with van der Waals surface area (Å²) >= 11 is 0. The number of benzene rings is 1. The Morgan fingerprint density at radius 1 is 1.25 bits per heavy atom. The van der Waals surface area contributed by atoms with E-state index in [4.69, 9.17) is 0 Å². The van der Waals surface area contributed by atoms with Crippen LogP contribution in [0.15, 0.2) is 12.1 Å². The molecule has 0 radical (unpaired) electrons. The van der Waals surface area contributed by atoms with E-state index < -0.39 is 0 Å². The van der Waals surface area contributed by atoms with Gasteiger partial charge in [0.15, 0.2) is 0 Å². The second-order valence-electron chi connectivity index (χ2n) is 6.35. The highest BCUT2D eigenvalue weighted by molar-refractivity contribution is 5.30. The molecule has 0 bridgehead atoms. The quantitative estimate of drug-likeness (QED) is 0.909. The molecule has 1 atom stereocenters. The van der Waals surface area contributed by atoms with Crippen LogP contribution in [0.25, 0.3) is 0 Å². The zero-order valence-corrected chi connectivity index (χ0v) is 13.2. The summed E-state index contributed by atoms with van der Waals surface area (Å²) in [5.74, 6) is 0.686. The Bertz CT molecular complexity index is 427. The van der Waals surface area contributed by atoms with Gasteiger partial charge in [-0.15, -0.1) is 0 Å². The third-order valence-corrected chi connectivity index (χ3v) is 4.59. The SMILES string of the molecule is Cc1cc(CNC(C)C2CCN(C)CC2)cc(C)c1F. The number of nitrogens with one attached hydrogen (secondary N) is 1. The van der Waals surface area contributed by atoms with Crippen LogP contribution in [0.4, 0.5) is 4.39 Å². The fourth-order valence-corrected chi connectivity index (χ4v) is 3.11. The Morgan fingerprint density at radius 3 is 2.35 bits per heavy atom. The number of hydrogen-bond donors (Lipinski definition) is 1. The van der Waals surface area contributed by atoms with Crippen LogP contribution >= 0.6 is 0 Å². The normalized spacial score (nSPS) is 19.2. The fraction of sp³-hybridized carbons (Fsp3) is 0.647. The Hall–Kier alpha value is -0.930. The van der Waals surface area contributed by atoms with Gasteiger partial charge in [0.2, 0.25) is 0 Å². The average Bonchev–Trinajstić information content (AvgIpc) is 2.42. The molecule has 0 aliphatic carbocycles. The van der Waals surface area contributed by atoms with Crippen molar-refractivity contribution in [1.29, 1.82) is 0 Å². The van der Waals surface area contributed by atoms with Crippen molar-refractivity contribution in [3.63, 3.8) is 0 Å². The van der Waals surface area contributed by atoms with Crippen LogP contribution in [-0.4, -0.2) is 31.1 Å². The van der Waals surface area contributed by atoms with Crippen LogP contribution < -0.4 is 5.32 Å². The molecule has 0 saturated carbocycles. The lowest BCUT2D eigenvalue weighted by Crippen LogP contribution is -2.40. The third-order valence-electron chi connectivity index (χ3n) is 4.59. The first kappa shape index (κ1) is 15.5. The minimum atomic E-state index is -0.0721. The number of rotatable bonds is 4. The van der Waals surface area contributed by atoms with Gasteiger partial charge in [-0.2, -0.15) is 0 Å². The molecular weight excluding hydrogens is 251 g/mol. The highest BCUT2D eigenvalue weighted by atomic mass is 19.1. The summed E-state index contributed by atoms with van der Waals surface area (Å²) in [5.41, 5.74) is 2.67. The smallest absolute Gasteiger partial charge is 0.129 e. The first-order chi connectivity index (χ1) is 9.47. The first-order valence-corrected chi connectivity index (χ1v) is 7.65. The standard InChI is InChI=1S/C17H27FN2/c1-12-9-15(10-13(2)17(12)18)11-19-14(3)16-5-7-20(4)8-6-16/h9-10,14,16,19H,5-8,11H2,1-4H3. The number of likely N-dealkylation sites (tertiary alicyclic amines) is 1. The molecule has 0 spiro atoms. The van der Waals surface area contributed by atoms with Crippen LogP contribution in [-0.2, 0) is 6.54 Å². The number of halogens is 1. The third kappa shape index (κ3) is 3.80. The van der Waals surface area contributed by atoms with Crippen molar-refractivity contribution in [1.82, 2.24) is 10.2 Å². The van der Waals surface area contributed by atoms with E-state index in [0.29, 0.717) is 6.04 Å². The zero-order chi connectivity index (χ0) is 14.7. The van der Waals surface area contributed by atoms with Crippen molar-refractivity contribution < 1.29 is 4.39 Å². The maximum Gasteiger partial charge on any atom is 0.129 e. The van der Waals surface area contributed by atoms with Gasteiger partial charge in [-0.25, -0.2) is 4.39 Å². The molecular formula is C17H27FN2. The maximum absolute atomic E-state index is 13.6. The summed E-state index contributed by atoms with van der Waals surface area (Å²) in [6.07, 6.45) is 2.54. The van der Waals surface area contributed by atoms with Crippen LogP contribution in [0.3, 0.4) is 0 Å². The molecule has 0 amide bonds. The second-order valence-corrected chi connectivity index (χ2v) is 6.35. The first-order valence-electron chi connectivity index (χ1n) is 7.65. The van der Waals surface area contributed by atoms with Crippen LogP contribution in [0.1, 0.15) is 36.5 Å². The van der Waals surface area contributed by atoms with E-state index in [0.717, 1.165) is 23.6 Å². The minimum absolute atomic E-state index is 0.0721. The predicted octanol–water partition coefficient (Wildman–Crippen LogP) is 3.26. The summed E-state index contributed by atoms with van der Waals surface area (Å²) in [7, 11) is 2.19. The molecule has 1 heterocycles. The average molecular weight is 278 g/mol. The highest BCUT2D eigenvalue weighted by Crippen LogP contribution is 2.20. The van der Waals surface area contributed by atoms with Crippen molar-refractivity contribution >= 4 is 0 Å². The van der Waals surface area contributed by atoms with E-state index in [1.54, 1.807) is 0 Å². The molecule has 20 heavy (non-hydrogen) atoms. The lowest BCUT2D eigenvalue weighted by Gasteiger charge is -2.33. The summed E-state index contributed by atoms with van der Waals surface area (Å²) < 4.78 is 13.6. The molecule has 1 fully saturated rings. The van der Waals surface area contributed by atoms with Gasteiger partial charge in [0.1, 0.15) is 5.82 Å². The molecule has 112 valence electrons. The Morgan fingerprint density at radius 2 is 1.80 bits per heavy atom. The van der Waals surface area contributed by atoms with Crippen LogP contribution in [0.2, 0.25) is 0 Å². The predicted molar refractivity (Wildman–Crippen MR) is 82.4 cm³/mol. The molecule has 3 heteroatoms. The summed E-state index contributed by atoms with van der Waals surface area (Å²) in [6, 6.07) is 4.43. The van der Waals surface area contributed by atoms with Crippen molar-refractivity contribution in [3.05, 3.63) is 34.6 Å². The fourth-order valence-electron chi connectivity index (χ4n) is 3.11. The lowest BCUT2D eigenvalue weighted by molar-refractivity contribution is 0.189. The van der Waals surface area contributed by atoms with E-state index in [-0.39, 0.29) is 5.82 Å². The van der Waals surface area contributed by atoms with Crippen molar-refractivity contribution in [2.45, 2.75) is 46.2 Å². The van der Waals surface area contributed by atoms with E-state index >= 15 is 0 Å². The van der Waals surface area contributed by atoms with Crippen molar-refractivity contribution in [3.8, 4) is 0 Å². The van der Waals surface area contributed by atoms with E-state index in [9.17, 15) is 4.39 Å². The van der Waals surface area contributed by atoms with Crippen LogP contribution in [0.5, 0.6) is 0 Å². The van der Waals surface area contributed by atoms with Gasteiger partial charge < -0.3 is 10.2 Å². The largest absolute Gasteiger partial charge is 0.310 e. The monoisotopic (exact) mass is 278 g/mol. The number of nitrogens with zero attached hydrogens (tertiary/aromatic N) is 1. The van der Waals surface area contributed by atoms with Gasteiger partial charge in [-0.05, 0) is 76.4 Å². The molecule has 1 unspecified atom stereocenters. The summed E-state index contributed by atoms with van der Waals surface area (Å²) in [4.78, 5) is 2.40. The summed E-state index contributed by atoms with van der Waals surface area (Å²) in [5, 5.41) is 3.62. The van der Waals surface area contributed by atoms with Crippen LogP contribution in [0, 0.1) is 25.6 Å². The Labute approximate surface area is 122 Å². The summed E-state index contributed by atoms with van der Waals surface area (Å²) in [6.45, 7) is 9.18. The van der Waals surface area contributed by atoms with Gasteiger partial charge in [-0.3, -0.25) is 0 Å². The van der Waals surface area contributed by atoms with Gasteiger partial charge >= 0.3 is 0 Å². The second kappa shape index (κ2) is 6.68. The molecule has 1 aliphatic heterocycles. The number of aryl methyl sites for hydroxylation is 2. The number of piperidine rings is 1. The molecule has 1 aromatic carbocycles. The highest BCUT2D eigenvalue weighted by Gasteiger charge is 2.21. The Kier molecular flexibility index (Phi) is 5.17. The van der Waals surface area contributed by atoms with Crippen molar-refractivity contribution in [2.24, 2.45) is 5.92 Å². The molecule has 1 aromatic rings. The van der Waals surface area contributed by atoms with Gasteiger partial charge in [0, 0.05) is 12.6 Å². The topological polar surface area (TPSA) is 15.3 Å². The molecule has 1 saturated heterocycles. The molecule has 2 rings (SSSR count). The molecule has 2 nitrogen and oxygen atoms in total. The molecule has 1 aliphatic rings. The molecule has 0 aromatic heterocycles.